The van der Waals surface area contributed by atoms with Crippen molar-refractivity contribution in [3.05, 3.63) is 0 Å². The van der Waals surface area contributed by atoms with Crippen molar-refractivity contribution in [2.45, 2.75) is 18.7 Å². The normalized spacial score (nSPS) is 19.5. The zero-order chi connectivity index (χ0) is 11.5. The maximum atomic E-state index is 11.8. The Morgan fingerprint density at radius 3 is 2.53 bits per heavy atom. The van der Waals surface area contributed by atoms with Gasteiger partial charge in [0.1, 0.15) is 0 Å². The molecule has 1 saturated heterocycles. The molecule has 1 fully saturated rings. The highest BCUT2D eigenvalue weighted by Gasteiger charge is 2.38. The van der Waals surface area contributed by atoms with Crippen molar-refractivity contribution in [3.63, 3.8) is 0 Å². The second kappa shape index (κ2) is 4.80. The summed E-state index contributed by atoms with van der Waals surface area (Å²) >= 11 is 0. The Hall–Kier alpha value is -0.820. The maximum Gasteiger partial charge on any atom is 0.416 e. The van der Waals surface area contributed by atoms with E-state index in [1.165, 1.54) is 0 Å². The van der Waals surface area contributed by atoms with Crippen LogP contribution in [0, 0.1) is 5.92 Å². The average Bonchev–Trinajstić information content (AvgIpc) is 2.05. The monoisotopic (exact) mass is 226 g/mol. The molecule has 0 aromatic rings. The molecule has 3 N–H and O–H groups in total. The van der Waals surface area contributed by atoms with E-state index in [9.17, 15) is 18.0 Å². The molecule has 0 aliphatic carbocycles. The lowest BCUT2D eigenvalue weighted by molar-refractivity contribution is -0.201. The summed E-state index contributed by atoms with van der Waals surface area (Å²) in [5.74, 6) is -0.252. The molecular weight excluding hydrogens is 213 g/mol. The van der Waals surface area contributed by atoms with Crippen LogP contribution < -0.4 is 10.6 Å². The number of carbonyl (C=O) groups is 1. The Kier molecular flexibility index (Phi) is 3.92. The Morgan fingerprint density at radius 2 is 2.13 bits per heavy atom. The highest BCUT2D eigenvalue weighted by atomic mass is 19.4. The molecule has 0 radical (unpaired) electrons. The van der Waals surface area contributed by atoms with E-state index in [0.29, 0.717) is 0 Å². The number of halogens is 3. The zero-order valence-corrected chi connectivity index (χ0v) is 7.97. The van der Waals surface area contributed by atoms with Gasteiger partial charge in [0, 0.05) is 6.42 Å². The molecule has 1 atom stereocenters. The quantitative estimate of drug-likeness (QED) is 0.613. The van der Waals surface area contributed by atoms with E-state index in [0.717, 1.165) is 13.1 Å². The van der Waals surface area contributed by atoms with E-state index in [1.54, 1.807) is 0 Å². The van der Waals surface area contributed by atoms with Crippen molar-refractivity contribution in [2.24, 2.45) is 5.92 Å². The Balaban J connectivity index is 2.15. The highest BCUT2D eigenvalue weighted by molar-refractivity contribution is 5.76. The third kappa shape index (κ3) is 4.05. The molecule has 1 aliphatic heterocycles. The fourth-order valence-corrected chi connectivity index (χ4v) is 1.15. The van der Waals surface area contributed by atoms with E-state index in [1.807, 2.05) is 0 Å². The number of nitrogens with one attached hydrogen (secondary N) is 2. The summed E-state index contributed by atoms with van der Waals surface area (Å²) in [7, 11) is 0. The van der Waals surface area contributed by atoms with Crippen LogP contribution in [0.5, 0.6) is 0 Å². The molecule has 0 aromatic carbocycles. The zero-order valence-electron chi connectivity index (χ0n) is 7.97. The lowest BCUT2D eigenvalue weighted by Crippen LogP contribution is -2.46. The number of rotatable bonds is 4. The molecule has 1 heterocycles. The molecule has 0 saturated carbocycles. The Bertz CT molecular complexity index is 228. The van der Waals surface area contributed by atoms with Crippen molar-refractivity contribution in [3.8, 4) is 0 Å². The van der Waals surface area contributed by atoms with E-state index in [-0.39, 0.29) is 12.3 Å². The SMILES string of the molecule is O=C(CC1CNC1)NCC(O)C(F)(F)F. The van der Waals surface area contributed by atoms with Crippen molar-refractivity contribution in [1.29, 1.82) is 0 Å². The first-order valence-electron chi connectivity index (χ1n) is 4.62. The summed E-state index contributed by atoms with van der Waals surface area (Å²) in [6, 6.07) is 0. The molecule has 0 bridgehead atoms. The van der Waals surface area contributed by atoms with Crippen LogP contribution in [-0.2, 0) is 4.79 Å². The molecule has 1 unspecified atom stereocenters. The van der Waals surface area contributed by atoms with Gasteiger partial charge in [-0.15, -0.1) is 0 Å². The molecule has 0 aromatic heterocycles. The highest BCUT2D eigenvalue weighted by Crippen LogP contribution is 2.19. The van der Waals surface area contributed by atoms with E-state index >= 15 is 0 Å². The summed E-state index contributed by atoms with van der Waals surface area (Å²) in [5, 5.41) is 13.6. The van der Waals surface area contributed by atoms with Gasteiger partial charge in [0.15, 0.2) is 6.10 Å². The predicted octanol–water partition coefficient (Wildman–Crippen LogP) is -0.365. The lowest BCUT2D eigenvalue weighted by Gasteiger charge is -2.26. The summed E-state index contributed by atoms with van der Waals surface area (Å²) in [6.45, 7) is 0.660. The van der Waals surface area contributed by atoms with Gasteiger partial charge in [-0.05, 0) is 19.0 Å². The first kappa shape index (κ1) is 12.3. The maximum absolute atomic E-state index is 11.8. The van der Waals surface area contributed by atoms with Gasteiger partial charge in [0.2, 0.25) is 5.91 Å². The molecular formula is C8H13F3N2O2. The van der Waals surface area contributed by atoms with Crippen LogP contribution >= 0.6 is 0 Å². The predicted molar refractivity (Wildman–Crippen MR) is 46.0 cm³/mol. The fraction of sp³-hybridized carbons (Fsp3) is 0.875. The van der Waals surface area contributed by atoms with Gasteiger partial charge in [-0.1, -0.05) is 0 Å². The molecule has 88 valence electrons. The molecule has 1 amide bonds. The van der Waals surface area contributed by atoms with E-state index < -0.39 is 24.7 Å². The van der Waals surface area contributed by atoms with Gasteiger partial charge in [-0.2, -0.15) is 13.2 Å². The van der Waals surface area contributed by atoms with Gasteiger partial charge in [0.25, 0.3) is 0 Å². The molecule has 7 heteroatoms. The molecule has 1 rings (SSSR count). The number of aliphatic hydroxyl groups excluding tert-OH is 1. The van der Waals surface area contributed by atoms with Crippen LogP contribution in [0.3, 0.4) is 0 Å². The van der Waals surface area contributed by atoms with Crippen molar-refractivity contribution < 1.29 is 23.1 Å². The number of aliphatic hydroxyl groups is 1. The second-order valence-electron chi connectivity index (χ2n) is 3.59. The first-order chi connectivity index (χ1) is 6.89. The molecule has 15 heavy (non-hydrogen) atoms. The van der Waals surface area contributed by atoms with Crippen molar-refractivity contribution in [1.82, 2.24) is 10.6 Å². The lowest BCUT2D eigenvalue weighted by atomic mass is 9.99. The molecule has 0 spiro atoms. The van der Waals surface area contributed by atoms with Crippen molar-refractivity contribution >= 4 is 5.91 Å². The minimum Gasteiger partial charge on any atom is -0.382 e. The van der Waals surface area contributed by atoms with Gasteiger partial charge in [-0.3, -0.25) is 4.79 Å². The van der Waals surface area contributed by atoms with Gasteiger partial charge in [0.05, 0.1) is 6.54 Å². The summed E-state index contributed by atoms with van der Waals surface area (Å²) in [4.78, 5) is 11.1. The Morgan fingerprint density at radius 1 is 1.53 bits per heavy atom. The number of hydrogen-bond donors (Lipinski definition) is 3. The summed E-state index contributed by atoms with van der Waals surface area (Å²) in [6.07, 6.45) is -6.95. The van der Waals surface area contributed by atoms with Crippen LogP contribution in [0.25, 0.3) is 0 Å². The van der Waals surface area contributed by atoms with Gasteiger partial charge in [-0.25, -0.2) is 0 Å². The number of carbonyl (C=O) groups excluding carboxylic acids is 1. The number of alkyl halides is 3. The second-order valence-corrected chi connectivity index (χ2v) is 3.59. The van der Waals surface area contributed by atoms with E-state index in [4.69, 9.17) is 5.11 Å². The summed E-state index contributed by atoms with van der Waals surface area (Å²) < 4.78 is 35.5. The third-order valence-electron chi connectivity index (χ3n) is 2.21. The van der Waals surface area contributed by atoms with Crippen LogP contribution in [-0.4, -0.2) is 42.9 Å². The molecule has 4 nitrogen and oxygen atoms in total. The summed E-state index contributed by atoms with van der Waals surface area (Å²) in [5.41, 5.74) is 0. The average molecular weight is 226 g/mol. The van der Waals surface area contributed by atoms with Gasteiger partial charge >= 0.3 is 6.18 Å². The largest absolute Gasteiger partial charge is 0.416 e. The van der Waals surface area contributed by atoms with Crippen LogP contribution in [0.2, 0.25) is 0 Å². The smallest absolute Gasteiger partial charge is 0.382 e. The van der Waals surface area contributed by atoms with E-state index in [2.05, 4.69) is 10.6 Å². The van der Waals surface area contributed by atoms with Gasteiger partial charge < -0.3 is 15.7 Å². The minimum absolute atomic E-state index is 0.202. The van der Waals surface area contributed by atoms with Crippen LogP contribution in [0.1, 0.15) is 6.42 Å². The third-order valence-corrected chi connectivity index (χ3v) is 2.21. The minimum atomic E-state index is -4.68. The molecule has 1 aliphatic rings. The fourth-order valence-electron chi connectivity index (χ4n) is 1.15. The van der Waals surface area contributed by atoms with Crippen LogP contribution in [0.4, 0.5) is 13.2 Å². The van der Waals surface area contributed by atoms with Crippen LogP contribution in [0.15, 0.2) is 0 Å². The van der Waals surface area contributed by atoms with Crippen molar-refractivity contribution in [2.75, 3.05) is 19.6 Å². The Labute approximate surface area is 84.8 Å². The number of hydrogen-bond acceptors (Lipinski definition) is 3. The standard InChI is InChI=1S/C8H13F3N2O2/c9-8(10,11)6(14)4-13-7(15)1-5-2-12-3-5/h5-6,12,14H,1-4H2,(H,13,15). The number of amides is 1. The topological polar surface area (TPSA) is 61.4 Å². The first-order valence-corrected chi connectivity index (χ1v) is 4.62.